The van der Waals surface area contributed by atoms with Crippen molar-refractivity contribution < 1.29 is 9.26 Å². The second-order valence-electron chi connectivity index (χ2n) is 6.64. The summed E-state index contributed by atoms with van der Waals surface area (Å²) in [7, 11) is 0. The molecule has 1 saturated heterocycles. The van der Waals surface area contributed by atoms with Crippen LogP contribution >= 0.6 is 12.4 Å². The van der Waals surface area contributed by atoms with E-state index in [1.807, 2.05) is 6.92 Å². The number of ether oxygens (including phenoxy) is 1. The highest BCUT2D eigenvalue weighted by Gasteiger charge is 2.20. The van der Waals surface area contributed by atoms with Gasteiger partial charge in [0.05, 0.1) is 19.7 Å². The lowest BCUT2D eigenvalue weighted by molar-refractivity contribution is 0.167. The second-order valence-corrected chi connectivity index (χ2v) is 6.64. The van der Waals surface area contributed by atoms with Gasteiger partial charge in [-0.2, -0.15) is 4.98 Å². The molecule has 2 heterocycles. The monoisotopic (exact) mass is 380 g/mol. The predicted octanol–water partition coefficient (Wildman–Crippen LogP) is 3.19. The van der Waals surface area contributed by atoms with E-state index in [-0.39, 0.29) is 12.4 Å². The molecule has 1 aromatic carbocycles. The lowest BCUT2D eigenvalue weighted by atomic mass is 9.90. The first-order valence-corrected chi connectivity index (χ1v) is 9.22. The maximum absolute atomic E-state index is 5.50. The molecule has 0 unspecified atom stereocenters. The Labute approximate surface area is 161 Å². The van der Waals surface area contributed by atoms with Gasteiger partial charge in [-0.05, 0) is 69.3 Å². The molecule has 1 aliphatic heterocycles. The Hall–Kier alpha value is -1.63. The topological polar surface area (TPSA) is 77.4 Å². The number of nitrogens with zero attached hydrogens (tertiary/aromatic N) is 3. The minimum Gasteiger partial charge on any atom is -0.494 e. The molecule has 3 rings (SSSR count). The standard InChI is InChI=1S/C19H28N4O2.ClH/c1-2-24-17-7-5-15(6-8-17)3-4-16-9-11-23(12-10-16)14-18-21-19(13-20)25-22-18;/h5-8,16H,2-4,9-14,20H2,1H3;1H. The van der Waals surface area contributed by atoms with Crippen molar-refractivity contribution in [2.24, 2.45) is 11.7 Å². The van der Waals surface area contributed by atoms with Crippen molar-refractivity contribution in [3.8, 4) is 5.75 Å². The number of piperidine rings is 1. The van der Waals surface area contributed by atoms with Gasteiger partial charge < -0.3 is 15.0 Å². The van der Waals surface area contributed by atoms with Crippen LogP contribution in [0.25, 0.3) is 0 Å². The lowest BCUT2D eigenvalue weighted by Gasteiger charge is -2.31. The Kier molecular flexibility index (Phi) is 8.35. The quantitative estimate of drug-likeness (QED) is 0.757. The fourth-order valence-electron chi connectivity index (χ4n) is 3.36. The second kappa shape index (κ2) is 10.5. The van der Waals surface area contributed by atoms with Crippen LogP contribution in [-0.4, -0.2) is 34.7 Å². The average molecular weight is 381 g/mol. The van der Waals surface area contributed by atoms with E-state index in [0.717, 1.165) is 50.2 Å². The molecular formula is C19H29ClN4O2. The van der Waals surface area contributed by atoms with Crippen LogP contribution in [0.4, 0.5) is 0 Å². The third kappa shape index (κ3) is 5.97. The summed E-state index contributed by atoms with van der Waals surface area (Å²) in [5, 5.41) is 3.98. The van der Waals surface area contributed by atoms with Crippen LogP contribution in [-0.2, 0) is 19.5 Å². The molecule has 0 aliphatic carbocycles. The number of rotatable bonds is 8. The fraction of sp³-hybridized carbons (Fsp3) is 0.579. The summed E-state index contributed by atoms with van der Waals surface area (Å²) in [5.41, 5.74) is 6.90. The van der Waals surface area contributed by atoms with Crippen molar-refractivity contribution in [2.45, 2.75) is 45.7 Å². The van der Waals surface area contributed by atoms with Crippen LogP contribution in [0.2, 0.25) is 0 Å². The molecule has 0 saturated carbocycles. The van der Waals surface area contributed by atoms with Crippen LogP contribution in [0, 0.1) is 5.92 Å². The Bertz CT molecular complexity index is 639. The zero-order valence-corrected chi connectivity index (χ0v) is 16.2. The molecule has 0 spiro atoms. The third-order valence-electron chi connectivity index (χ3n) is 4.83. The predicted molar refractivity (Wildman–Crippen MR) is 103 cm³/mol. The van der Waals surface area contributed by atoms with Crippen LogP contribution < -0.4 is 10.5 Å². The molecule has 7 heteroatoms. The van der Waals surface area contributed by atoms with Gasteiger partial charge in [-0.25, -0.2) is 0 Å². The summed E-state index contributed by atoms with van der Waals surface area (Å²) in [4.78, 5) is 6.68. The largest absolute Gasteiger partial charge is 0.494 e. The summed E-state index contributed by atoms with van der Waals surface area (Å²) >= 11 is 0. The Balaban J connectivity index is 0.00000243. The zero-order valence-electron chi connectivity index (χ0n) is 15.4. The number of hydrogen-bond acceptors (Lipinski definition) is 6. The van der Waals surface area contributed by atoms with Crippen molar-refractivity contribution in [3.63, 3.8) is 0 Å². The SMILES string of the molecule is CCOc1ccc(CCC2CCN(Cc3noc(CN)n3)CC2)cc1.Cl. The highest BCUT2D eigenvalue weighted by atomic mass is 35.5. The number of nitrogens with two attached hydrogens (primary N) is 1. The van der Waals surface area contributed by atoms with Crippen LogP contribution in [0.1, 0.15) is 43.5 Å². The van der Waals surface area contributed by atoms with Gasteiger partial charge in [-0.3, -0.25) is 4.90 Å². The molecule has 0 radical (unpaired) electrons. The smallest absolute Gasteiger partial charge is 0.240 e. The third-order valence-corrected chi connectivity index (χ3v) is 4.83. The van der Waals surface area contributed by atoms with E-state index >= 15 is 0 Å². The Morgan fingerprint density at radius 2 is 1.96 bits per heavy atom. The summed E-state index contributed by atoms with van der Waals surface area (Å²) in [6.45, 7) is 5.99. The van der Waals surface area contributed by atoms with Gasteiger partial charge in [0, 0.05) is 0 Å². The Morgan fingerprint density at radius 1 is 1.23 bits per heavy atom. The van der Waals surface area contributed by atoms with Crippen molar-refractivity contribution in [1.29, 1.82) is 0 Å². The van der Waals surface area contributed by atoms with E-state index in [1.165, 1.54) is 24.8 Å². The number of hydrogen-bond donors (Lipinski definition) is 1. The lowest BCUT2D eigenvalue weighted by Crippen LogP contribution is -2.33. The van der Waals surface area contributed by atoms with Gasteiger partial charge in [0.15, 0.2) is 5.82 Å². The van der Waals surface area contributed by atoms with E-state index in [9.17, 15) is 0 Å². The summed E-state index contributed by atoms with van der Waals surface area (Å²) in [6, 6.07) is 8.51. The van der Waals surface area contributed by atoms with Gasteiger partial charge in [-0.15, -0.1) is 12.4 Å². The van der Waals surface area contributed by atoms with E-state index in [1.54, 1.807) is 0 Å². The zero-order chi connectivity index (χ0) is 17.5. The first-order valence-electron chi connectivity index (χ1n) is 9.22. The average Bonchev–Trinajstić information content (AvgIpc) is 3.10. The highest BCUT2D eigenvalue weighted by Crippen LogP contribution is 2.24. The van der Waals surface area contributed by atoms with Gasteiger partial charge in [0.25, 0.3) is 0 Å². The van der Waals surface area contributed by atoms with E-state index in [2.05, 4.69) is 39.3 Å². The number of halogens is 1. The van der Waals surface area contributed by atoms with Gasteiger partial charge >= 0.3 is 0 Å². The number of likely N-dealkylation sites (tertiary alicyclic amines) is 1. The number of aromatic nitrogens is 2. The fourth-order valence-corrected chi connectivity index (χ4v) is 3.36. The molecule has 6 nitrogen and oxygen atoms in total. The molecule has 0 bridgehead atoms. The minimum atomic E-state index is 0. The summed E-state index contributed by atoms with van der Waals surface area (Å²) < 4.78 is 10.6. The number of benzene rings is 1. The van der Waals surface area contributed by atoms with E-state index in [4.69, 9.17) is 15.0 Å². The van der Waals surface area contributed by atoms with Crippen molar-refractivity contribution in [1.82, 2.24) is 15.0 Å². The van der Waals surface area contributed by atoms with Crippen LogP contribution in [0.15, 0.2) is 28.8 Å². The van der Waals surface area contributed by atoms with Crippen molar-refractivity contribution >= 4 is 12.4 Å². The Morgan fingerprint density at radius 3 is 2.58 bits per heavy atom. The molecule has 1 aromatic heterocycles. The summed E-state index contributed by atoms with van der Waals surface area (Å²) in [6.07, 6.45) is 4.86. The maximum Gasteiger partial charge on any atom is 0.240 e. The van der Waals surface area contributed by atoms with E-state index in [0.29, 0.717) is 12.4 Å². The van der Waals surface area contributed by atoms with Gasteiger partial charge in [-0.1, -0.05) is 17.3 Å². The molecule has 26 heavy (non-hydrogen) atoms. The molecule has 0 atom stereocenters. The van der Waals surface area contributed by atoms with Gasteiger partial charge in [0.1, 0.15) is 5.75 Å². The molecule has 144 valence electrons. The first-order chi connectivity index (χ1) is 12.3. The van der Waals surface area contributed by atoms with Gasteiger partial charge in [0.2, 0.25) is 5.89 Å². The molecule has 2 N–H and O–H groups in total. The summed E-state index contributed by atoms with van der Waals surface area (Å²) in [5.74, 6) is 3.01. The first kappa shape index (κ1) is 20.7. The van der Waals surface area contributed by atoms with Crippen molar-refractivity contribution in [3.05, 3.63) is 41.5 Å². The minimum absolute atomic E-state index is 0. The van der Waals surface area contributed by atoms with Crippen molar-refractivity contribution in [2.75, 3.05) is 19.7 Å². The highest BCUT2D eigenvalue weighted by molar-refractivity contribution is 5.85. The normalized spacial score (nSPS) is 15.6. The molecule has 1 fully saturated rings. The molecular weight excluding hydrogens is 352 g/mol. The molecule has 1 aliphatic rings. The van der Waals surface area contributed by atoms with Crippen LogP contribution in [0.3, 0.4) is 0 Å². The number of aryl methyl sites for hydroxylation is 1. The van der Waals surface area contributed by atoms with E-state index < -0.39 is 0 Å². The van der Waals surface area contributed by atoms with Crippen LogP contribution in [0.5, 0.6) is 5.75 Å². The molecule has 2 aromatic rings. The maximum atomic E-state index is 5.50. The molecule has 0 amide bonds.